The highest BCUT2D eigenvalue weighted by atomic mass is 16.2. The van der Waals surface area contributed by atoms with E-state index in [1.54, 1.807) is 6.92 Å². The van der Waals surface area contributed by atoms with Crippen molar-refractivity contribution in [2.75, 3.05) is 0 Å². The Morgan fingerprint density at radius 3 is 2.56 bits per heavy atom. The zero-order chi connectivity index (χ0) is 20.0. The van der Waals surface area contributed by atoms with Crippen molar-refractivity contribution in [1.82, 2.24) is 10.3 Å². The number of aliphatic imine (C=N–C) groups is 1. The van der Waals surface area contributed by atoms with E-state index in [2.05, 4.69) is 15.3 Å². The summed E-state index contributed by atoms with van der Waals surface area (Å²) < 4.78 is 0. The van der Waals surface area contributed by atoms with Crippen molar-refractivity contribution in [2.24, 2.45) is 10.7 Å². The molecule has 142 valence electrons. The largest absolute Gasteiger partial charge is 0.402 e. The summed E-state index contributed by atoms with van der Waals surface area (Å²) in [7, 11) is 0. The van der Waals surface area contributed by atoms with E-state index in [0.717, 1.165) is 16.8 Å². The van der Waals surface area contributed by atoms with E-state index in [9.17, 15) is 9.59 Å². The maximum absolute atomic E-state index is 12.5. The summed E-state index contributed by atoms with van der Waals surface area (Å²) in [5.74, 6) is -0.363. The normalized spacial score (nSPS) is 13.3. The van der Waals surface area contributed by atoms with Crippen LogP contribution in [0.5, 0.6) is 0 Å². The first-order valence-corrected chi connectivity index (χ1v) is 8.81. The number of hydrogen-bond acceptors (Lipinski definition) is 4. The molecule has 0 radical (unpaired) electrons. The number of hydrogen-bond donors (Lipinski definition) is 3. The second-order valence-corrected chi connectivity index (χ2v) is 6.59. The number of H-pyrrole nitrogens is 1. The molecule has 6 heteroatoms. The highest BCUT2D eigenvalue weighted by molar-refractivity contribution is 6.12. The summed E-state index contributed by atoms with van der Waals surface area (Å²) in [6.45, 7) is 7.39. The predicted octanol–water partition coefficient (Wildman–Crippen LogP) is 2.67. The van der Waals surface area contributed by atoms with E-state index in [4.69, 9.17) is 5.73 Å². The monoisotopic (exact) mass is 366 g/mol. The molecule has 2 aromatic rings. The lowest BCUT2D eigenvalue weighted by Gasteiger charge is -2.10. The van der Waals surface area contributed by atoms with Gasteiger partial charge in [-0.1, -0.05) is 30.3 Å². The number of nitrogens with two attached hydrogens (primary N) is 1. The Labute approximate surface area is 159 Å². The highest BCUT2D eigenvalue weighted by Gasteiger charge is 2.13. The fourth-order valence-corrected chi connectivity index (χ4v) is 2.71. The Kier molecular flexibility index (Phi) is 6.71. The van der Waals surface area contributed by atoms with Gasteiger partial charge in [-0.15, -0.1) is 0 Å². The van der Waals surface area contributed by atoms with Crippen LogP contribution in [0.25, 0.3) is 0 Å². The molecule has 0 saturated heterocycles. The lowest BCUT2D eigenvalue weighted by molar-refractivity contribution is -0.117. The number of aromatic nitrogens is 1. The van der Waals surface area contributed by atoms with Crippen molar-refractivity contribution in [3.63, 3.8) is 0 Å². The molecule has 1 aromatic heterocycles. The Morgan fingerprint density at radius 1 is 1.30 bits per heavy atom. The molecule has 0 fully saturated rings. The molecule has 27 heavy (non-hydrogen) atoms. The maximum Gasteiger partial charge on any atom is 0.254 e. The summed E-state index contributed by atoms with van der Waals surface area (Å²) >= 11 is 0. The number of nitrogens with one attached hydrogen (secondary N) is 2. The van der Waals surface area contributed by atoms with E-state index in [1.165, 1.54) is 6.21 Å². The number of carbonyl (C=O) groups excluding carboxylic acids is 1. The Morgan fingerprint density at radius 2 is 1.96 bits per heavy atom. The van der Waals surface area contributed by atoms with E-state index in [1.807, 2.05) is 57.2 Å². The van der Waals surface area contributed by atoms with Gasteiger partial charge in [0.2, 0.25) is 0 Å². The van der Waals surface area contributed by atoms with Gasteiger partial charge < -0.3 is 16.0 Å². The maximum atomic E-state index is 12.5. The average molecular weight is 366 g/mol. The number of rotatable bonds is 6. The minimum Gasteiger partial charge on any atom is -0.402 e. The van der Waals surface area contributed by atoms with Crippen LogP contribution in [0, 0.1) is 13.8 Å². The molecule has 0 aliphatic rings. The summed E-state index contributed by atoms with van der Waals surface area (Å²) in [5.41, 5.74) is 9.52. The smallest absolute Gasteiger partial charge is 0.254 e. The van der Waals surface area contributed by atoms with Gasteiger partial charge >= 0.3 is 0 Å². The van der Waals surface area contributed by atoms with Gasteiger partial charge in [0, 0.05) is 29.7 Å². The van der Waals surface area contributed by atoms with Crippen molar-refractivity contribution in [3.8, 4) is 0 Å². The second-order valence-electron chi connectivity index (χ2n) is 6.59. The molecule has 0 aliphatic carbocycles. The molecule has 0 saturated carbocycles. The topological polar surface area (TPSA) is 100 Å². The Bertz CT molecular complexity index is 923. The molecule has 1 heterocycles. The van der Waals surface area contributed by atoms with Gasteiger partial charge in [0.1, 0.15) is 0 Å². The van der Waals surface area contributed by atoms with Crippen molar-refractivity contribution in [3.05, 3.63) is 80.4 Å². The highest BCUT2D eigenvalue weighted by Crippen LogP contribution is 2.15. The molecule has 1 aromatic carbocycles. The van der Waals surface area contributed by atoms with Crippen molar-refractivity contribution < 1.29 is 4.79 Å². The number of nitrogens with zero attached hydrogens (tertiary/aromatic N) is 1. The summed E-state index contributed by atoms with van der Waals surface area (Å²) in [4.78, 5) is 31.8. The van der Waals surface area contributed by atoms with E-state index < -0.39 is 0 Å². The van der Waals surface area contributed by atoms with Crippen LogP contribution in [-0.4, -0.2) is 17.1 Å². The second kappa shape index (κ2) is 8.98. The number of amides is 1. The lowest BCUT2D eigenvalue weighted by Crippen LogP contribution is -2.30. The predicted molar refractivity (Wildman–Crippen MR) is 109 cm³/mol. The summed E-state index contributed by atoms with van der Waals surface area (Å²) in [5, 5.41) is 2.76. The van der Waals surface area contributed by atoms with Gasteiger partial charge in [-0.25, -0.2) is 0 Å². The molecular formula is C21H26N4O2. The van der Waals surface area contributed by atoms with Gasteiger partial charge in [0.25, 0.3) is 11.5 Å². The zero-order valence-corrected chi connectivity index (χ0v) is 16.2. The van der Waals surface area contributed by atoms with Crippen LogP contribution in [0.2, 0.25) is 0 Å². The van der Waals surface area contributed by atoms with Crippen molar-refractivity contribution in [1.29, 1.82) is 0 Å². The fraction of sp³-hybridized carbons (Fsp3) is 0.286. The fourth-order valence-electron chi connectivity index (χ4n) is 2.71. The van der Waals surface area contributed by atoms with Gasteiger partial charge in [0.05, 0.1) is 11.6 Å². The molecule has 0 spiro atoms. The van der Waals surface area contributed by atoms with Crippen LogP contribution in [0.1, 0.15) is 42.3 Å². The first kappa shape index (κ1) is 20.2. The van der Waals surface area contributed by atoms with Crippen LogP contribution in [0.4, 0.5) is 0 Å². The first-order valence-electron chi connectivity index (χ1n) is 8.81. The number of benzene rings is 1. The number of aryl methyl sites for hydroxylation is 2. The third-order valence-corrected chi connectivity index (χ3v) is 4.30. The van der Waals surface area contributed by atoms with Crippen LogP contribution < -0.4 is 16.6 Å². The van der Waals surface area contributed by atoms with Crippen molar-refractivity contribution in [2.45, 2.75) is 40.3 Å². The summed E-state index contributed by atoms with van der Waals surface area (Å²) in [6.07, 6.45) is 1.49. The molecule has 4 N–H and O–H groups in total. The number of aromatic amines is 1. The lowest BCUT2D eigenvalue weighted by atomic mass is 10.1. The van der Waals surface area contributed by atoms with Crippen LogP contribution in [-0.2, 0) is 11.3 Å². The Balaban J connectivity index is 2.11. The van der Waals surface area contributed by atoms with Crippen LogP contribution in [0.15, 0.2) is 57.5 Å². The zero-order valence-electron chi connectivity index (χ0n) is 16.2. The van der Waals surface area contributed by atoms with E-state index in [0.29, 0.717) is 16.8 Å². The van der Waals surface area contributed by atoms with Gasteiger partial charge in [-0.2, -0.15) is 0 Å². The van der Waals surface area contributed by atoms with E-state index >= 15 is 0 Å². The van der Waals surface area contributed by atoms with Crippen molar-refractivity contribution >= 4 is 12.1 Å². The van der Waals surface area contributed by atoms with Gasteiger partial charge in [-0.3, -0.25) is 14.6 Å². The van der Waals surface area contributed by atoms with Gasteiger partial charge in [-0.05, 0) is 44.9 Å². The first-order chi connectivity index (χ1) is 12.8. The molecular weight excluding hydrogens is 340 g/mol. The van der Waals surface area contributed by atoms with Gasteiger partial charge in [0.15, 0.2) is 0 Å². The quantitative estimate of drug-likeness (QED) is 0.541. The molecule has 1 amide bonds. The Hall–Kier alpha value is -3.15. The minimum absolute atomic E-state index is 0.101. The average Bonchev–Trinajstić information content (AvgIpc) is 2.61. The van der Waals surface area contributed by atoms with E-state index in [-0.39, 0.29) is 24.1 Å². The number of pyridine rings is 1. The number of carbonyl (C=O) groups is 1. The van der Waals surface area contributed by atoms with Crippen LogP contribution in [0.3, 0.4) is 0 Å². The SMILES string of the molecule is CC(N)=C(C=N[C@H](C)c1ccccc1)C(=O)NCc1c(C)cc(C)[nH]c1=O. The third-order valence-electron chi connectivity index (χ3n) is 4.30. The number of allylic oxidation sites excluding steroid dienone is 1. The molecule has 6 nitrogen and oxygen atoms in total. The van der Waals surface area contributed by atoms with Crippen LogP contribution >= 0.6 is 0 Å². The molecule has 2 rings (SSSR count). The molecule has 1 atom stereocenters. The molecule has 0 unspecified atom stereocenters. The standard InChI is InChI=1S/C21H26N4O2/c1-13-10-14(2)25-21(27)18(13)11-24-20(26)19(15(3)22)12-23-16(4)17-8-6-5-7-9-17/h5-10,12,16H,11,22H2,1-4H3,(H,24,26)(H,25,27)/t16-/m1/s1. The third kappa shape index (κ3) is 5.41. The minimum atomic E-state index is -0.363. The molecule has 0 aliphatic heterocycles. The summed E-state index contributed by atoms with van der Waals surface area (Å²) in [6, 6.07) is 11.6. The molecule has 0 bridgehead atoms.